The summed E-state index contributed by atoms with van der Waals surface area (Å²) >= 11 is 7.98. The maximum absolute atomic E-state index is 13.9. The molecule has 2 aromatic heterocycles. The van der Waals surface area contributed by atoms with Crippen LogP contribution in [-0.4, -0.2) is 27.1 Å². The van der Waals surface area contributed by atoms with E-state index in [4.69, 9.17) is 16.7 Å². The number of thiophene rings is 1. The van der Waals surface area contributed by atoms with Crippen LogP contribution in [0.4, 0.5) is 5.69 Å². The molecule has 0 bridgehead atoms. The Morgan fingerprint density at radius 3 is 2.63 bits per heavy atom. The number of hydrogen-bond donors (Lipinski definition) is 1. The van der Waals surface area contributed by atoms with Crippen LogP contribution in [0.5, 0.6) is 0 Å². The smallest absolute Gasteiger partial charge is 0.277 e. The summed E-state index contributed by atoms with van der Waals surface area (Å²) in [6, 6.07) is 19.1. The summed E-state index contributed by atoms with van der Waals surface area (Å²) in [6.45, 7) is 6.24. The number of aryl methyl sites for hydroxylation is 1. The average molecular weight is 505 g/mol. The van der Waals surface area contributed by atoms with Gasteiger partial charge < -0.3 is 5.32 Å². The summed E-state index contributed by atoms with van der Waals surface area (Å²) in [5, 5.41) is 10.2. The number of nitrogens with zero attached hydrogens (tertiary/aromatic N) is 3. The zero-order valence-corrected chi connectivity index (χ0v) is 21.3. The molecule has 6 nitrogen and oxygen atoms in total. The van der Waals surface area contributed by atoms with Gasteiger partial charge in [0.25, 0.3) is 5.91 Å². The zero-order chi connectivity index (χ0) is 24.7. The van der Waals surface area contributed by atoms with E-state index < -0.39 is 5.54 Å². The van der Waals surface area contributed by atoms with Crippen molar-refractivity contribution >= 4 is 40.4 Å². The SMILES string of the molecule is Cc1ccc(CNC(=O)[C@@]2(C)Cn3nc(-c4cccs4)cc3C(=O)N2c2cccc(Cl)c2C)cc1. The Kier molecular flexibility index (Phi) is 5.99. The number of aromatic nitrogens is 2. The van der Waals surface area contributed by atoms with E-state index in [2.05, 4.69) is 5.32 Å². The van der Waals surface area contributed by atoms with Crippen LogP contribution in [0.15, 0.2) is 66.0 Å². The summed E-state index contributed by atoms with van der Waals surface area (Å²) < 4.78 is 1.65. The summed E-state index contributed by atoms with van der Waals surface area (Å²) in [4.78, 5) is 30.2. The van der Waals surface area contributed by atoms with Gasteiger partial charge in [-0.3, -0.25) is 19.2 Å². The second-order valence-corrected chi connectivity index (χ2v) is 10.4. The molecule has 2 aromatic carbocycles. The van der Waals surface area contributed by atoms with Crippen molar-refractivity contribution in [1.82, 2.24) is 15.1 Å². The highest BCUT2D eigenvalue weighted by molar-refractivity contribution is 7.13. The number of amides is 2. The lowest BCUT2D eigenvalue weighted by Gasteiger charge is -2.43. The number of carbonyl (C=O) groups excluding carboxylic acids is 2. The first kappa shape index (κ1) is 23.3. The number of benzene rings is 2. The fraction of sp³-hybridized carbons (Fsp3) is 0.222. The van der Waals surface area contributed by atoms with Crippen molar-refractivity contribution in [1.29, 1.82) is 0 Å². The first-order valence-electron chi connectivity index (χ1n) is 11.3. The van der Waals surface area contributed by atoms with Gasteiger partial charge in [0, 0.05) is 17.3 Å². The van der Waals surface area contributed by atoms with E-state index in [0.29, 0.717) is 22.9 Å². The number of halogens is 1. The van der Waals surface area contributed by atoms with E-state index in [1.165, 1.54) is 0 Å². The molecule has 0 spiro atoms. The third-order valence-corrected chi connectivity index (χ3v) is 7.77. The van der Waals surface area contributed by atoms with E-state index in [1.54, 1.807) is 46.0 Å². The summed E-state index contributed by atoms with van der Waals surface area (Å²) in [5.41, 5.74) is 3.43. The van der Waals surface area contributed by atoms with Crippen molar-refractivity contribution in [2.24, 2.45) is 0 Å². The third kappa shape index (κ3) is 4.15. The zero-order valence-electron chi connectivity index (χ0n) is 19.7. The molecule has 1 aliphatic rings. The Bertz CT molecular complexity index is 1410. The molecule has 35 heavy (non-hydrogen) atoms. The monoisotopic (exact) mass is 504 g/mol. The van der Waals surface area contributed by atoms with Crippen LogP contribution in [0.25, 0.3) is 10.6 Å². The van der Waals surface area contributed by atoms with Crippen molar-refractivity contribution in [3.63, 3.8) is 0 Å². The number of fused-ring (bicyclic) bond motifs is 1. The Balaban J connectivity index is 1.56. The molecule has 4 aromatic rings. The number of rotatable bonds is 5. The Morgan fingerprint density at radius 2 is 1.91 bits per heavy atom. The minimum absolute atomic E-state index is 0.213. The fourth-order valence-electron chi connectivity index (χ4n) is 4.42. The van der Waals surface area contributed by atoms with E-state index in [9.17, 15) is 9.59 Å². The molecule has 0 saturated heterocycles. The largest absolute Gasteiger partial charge is 0.350 e. The molecule has 0 fully saturated rings. The first-order valence-corrected chi connectivity index (χ1v) is 12.6. The molecule has 0 aliphatic carbocycles. The Morgan fingerprint density at radius 1 is 1.14 bits per heavy atom. The minimum atomic E-state index is -1.22. The van der Waals surface area contributed by atoms with Crippen LogP contribution in [0.1, 0.15) is 34.1 Å². The van der Waals surface area contributed by atoms with E-state index in [1.807, 2.05) is 61.7 Å². The number of anilines is 1. The van der Waals surface area contributed by atoms with E-state index in [-0.39, 0.29) is 18.4 Å². The summed E-state index contributed by atoms with van der Waals surface area (Å²) in [5.74, 6) is -0.547. The molecule has 1 atom stereocenters. The molecule has 8 heteroatoms. The number of carbonyl (C=O) groups is 2. The van der Waals surface area contributed by atoms with Crippen molar-refractivity contribution in [3.8, 4) is 10.6 Å². The van der Waals surface area contributed by atoms with Gasteiger partial charge in [-0.15, -0.1) is 11.3 Å². The standard InChI is InChI=1S/C27H25ClN4O2S/c1-17-9-11-19(12-10-17)15-29-26(34)27(3)16-31-23(14-21(30-31)24-8-5-13-35-24)25(33)32(27)22-7-4-6-20(28)18(22)2/h4-14H,15-16H2,1-3H3,(H,29,34)/t27-/m1/s1. The van der Waals surface area contributed by atoms with Crippen molar-refractivity contribution in [2.75, 3.05) is 4.90 Å². The van der Waals surface area contributed by atoms with Crippen molar-refractivity contribution < 1.29 is 9.59 Å². The maximum Gasteiger partial charge on any atom is 0.277 e. The summed E-state index contributed by atoms with van der Waals surface area (Å²) in [6.07, 6.45) is 0. The predicted molar refractivity (Wildman–Crippen MR) is 140 cm³/mol. The highest BCUT2D eigenvalue weighted by Crippen LogP contribution is 2.38. The molecule has 178 valence electrons. The lowest BCUT2D eigenvalue weighted by Crippen LogP contribution is -2.64. The van der Waals surface area contributed by atoms with Gasteiger partial charge >= 0.3 is 0 Å². The lowest BCUT2D eigenvalue weighted by molar-refractivity contribution is -0.126. The average Bonchev–Trinajstić information content (AvgIpc) is 3.51. The van der Waals surface area contributed by atoms with Gasteiger partial charge in [-0.25, -0.2) is 0 Å². The van der Waals surface area contributed by atoms with Crippen molar-refractivity contribution in [3.05, 3.63) is 93.5 Å². The Labute approximate surface area is 213 Å². The van der Waals surface area contributed by atoms with Gasteiger partial charge in [0.15, 0.2) is 0 Å². The third-order valence-electron chi connectivity index (χ3n) is 6.47. The van der Waals surface area contributed by atoms with Crippen LogP contribution in [0.3, 0.4) is 0 Å². The van der Waals surface area contributed by atoms with Crippen molar-refractivity contribution in [2.45, 2.75) is 39.4 Å². The van der Waals surface area contributed by atoms with Crippen LogP contribution in [-0.2, 0) is 17.9 Å². The van der Waals surface area contributed by atoms with E-state index >= 15 is 0 Å². The minimum Gasteiger partial charge on any atom is -0.350 e. The predicted octanol–water partition coefficient (Wildman–Crippen LogP) is 5.62. The number of nitrogens with one attached hydrogen (secondary N) is 1. The first-order chi connectivity index (χ1) is 16.8. The lowest BCUT2D eigenvalue weighted by atomic mass is 9.93. The topological polar surface area (TPSA) is 67.2 Å². The molecule has 3 heterocycles. The van der Waals surface area contributed by atoms with Crippen LogP contribution >= 0.6 is 22.9 Å². The number of hydrogen-bond acceptors (Lipinski definition) is 4. The van der Waals surface area contributed by atoms with Crippen LogP contribution in [0, 0.1) is 13.8 Å². The van der Waals surface area contributed by atoms with Crippen LogP contribution in [0.2, 0.25) is 5.02 Å². The normalized spacial score (nSPS) is 17.4. The molecule has 0 radical (unpaired) electrons. The second-order valence-electron chi connectivity index (χ2n) is 9.02. The van der Waals surface area contributed by atoms with Gasteiger partial charge in [-0.2, -0.15) is 5.10 Å². The Hall–Kier alpha value is -3.42. The molecule has 2 amide bonds. The quantitative estimate of drug-likeness (QED) is 0.383. The van der Waals surface area contributed by atoms with Crippen LogP contribution < -0.4 is 10.2 Å². The molecule has 0 unspecified atom stereocenters. The molecule has 1 N–H and O–H groups in total. The maximum atomic E-state index is 13.9. The molecular weight excluding hydrogens is 480 g/mol. The van der Waals surface area contributed by atoms with Gasteiger partial charge in [0.1, 0.15) is 16.9 Å². The van der Waals surface area contributed by atoms with Gasteiger partial charge in [0.2, 0.25) is 5.91 Å². The molecule has 5 rings (SSSR count). The van der Waals surface area contributed by atoms with Gasteiger partial charge in [0.05, 0.1) is 11.4 Å². The summed E-state index contributed by atoms with van der Waals surface area (Å²) in [7, 11) is 0. The highest BCUT2D eigenvalue weighted by Gasteiger charge is 2.49. The molecule has 0 saturated carbocycles. The second kappa shape index (κ2) is 8.98. The van der Waals surface area contributed by atoms with Gasteiger partial charge in [-0.05, 0) is 61.5 Å². The fourth-order valence-corrected chi connectivity index (χ4v) is 5.27. The highest BCUT2D eigenvalue weighted by atomic mass is 35.5. The van der Waals surface area contributed by atoms with Gasteiger partial charge in [-0.1, -0.05) is 53.6 Å². The van der Waals surface area contributed by atoms with E-state index in [0.717, 1.165) is 27.3 Å². The molecular formula is C27H25ClN4O2S. The molecule has 1 aliphatic heterocycles.